The van der Waals surface area contributed by atoms with Crippen molar-refractivity contribution in [2.75, 3.05) is 26.2 Å². The largest absolute Gasteiger partial charge is 0.352 e. The van der Waals surface area contributed by atoms with E-state index >= 15 is 0 Å². The minimum atomic E-state index is -0.0544. The van der Waals surface area contributed by atoms with Crippen LogP contribution in [0.15, 0.2) is 18.2 Å². The Morgan fingerprint density at radius 2 is 2.29 bits per heavy atom. The minimum absolute atomic E-state index is 0.0544. The van der Waals surface area contributed by atoms with Gasteiger partial charge in [0.1, 0.15) is 0 Å². The van der Waals surface area contributed by atoms with E-state index in [1.807, 2.05) is 19.1 Å². The summed E-state index contributed by atoms with van der Waals surface area (Å²) in [6.07, 6.45) is 3.60. The second-order valence-corrected chi connectivity index (χ2v) is 6.28. The monoisotopic (exact) mass is 308 g/mol. The van der Waals surface area contributed by atoms with Crippen LogP contribution in [0.3, 0.4) is 0 Å². The lowest BCUT2D eigenvalue weighted by atomic mass is 9.95. The number of carbonyl (C=O) groups is 1. The van der Waals surface area contributed by atoms with Crippen LogP contribution in [0.5, 0.6) is 0 Å². The van der Waals surface area contributed by atoms with Gasteiger partial charge in [-0.05, 0) is 56.8 Å². The number of aryl methyl sites for hydroxylation is 1. The fraction of sp³-hybridized carbons (Fsp3) is 0.588. The molecule has 1 N–H and O–H groups in total. The Bertz CT molecular complexity index is 469. The molecule has 0 saturated carbocycles. The maximum Gasteiger partial charge on any atom is 0.253 e. The van der Waals surface area contributed by atoms with Gasteiger partial charge in [-0.25, -0.2) is 0 Å². The first-order valence-corrected chi connectivity index (χ1v) is 8.25. The number of hydrogen-bond acceptors (Lipinski definition) is 2. The summed E-state index contributed by atoms with van der Waals surface area (Å²) in [5.74, 6) is 0.646. The predicted molar refractivity (Wildman–Crippen MR) is 88.0 cm³/mol. The normalized spacial score (nSPS) is 19.5. The topological polar surface area (TPSA) is 32.3 Å². The first-order chi connectivity index (χ1) is 10.1. The van der Waals surface area contributed by atoms with E-state index in [-0.39, 0.29) is 5.91 Å². The molecule has 1 amide bonds. The van der Waals surface area contributed by atoms with Gasteiger partial charge in [-0.1, -0.05) is 30.7 Å². The van der Waals surface area contributed by atoms with Crippen molar-refractivity contribution in [2.45, 2.75) is 33.1 Å². The molecule has 1 heterocycles. The summed E-state index contributed by atoms with van der Waals surface area (Å²) in [4.78, 5) is 14.7. The molecular formula is C17H25ClN2O. The van der Waals surface area contributed by atoms with Gasteiger partial charge in [0.2, 0.25) is 0 Å². The minimum Gasteiger partial charge on any atom is -0.352 e. The second-order valence-electron chi connectivity index (χ2n) is 5.88. The predicted octanol–water partition coefficient (Wildman–Crippen LogP) is 3.50. The molecule has 1 aromatic carbocycles. The summed E-state index contributed by atoms with van der Waals surface area (Å²) in [6.45, 7) is 8.37. The summed E-state index contributed by atoms with van der Waals surface area (Å²) in [5.41, 5.74) is 1.54. The highest BCUT2D eigenvalue weighted by atomic mass is 35.5. The first-order valence-electron chi connectivity index (χ1n) is 7.87. The van der Waals surface area contributed by atoms with Crippen LogP contribution in [0.2, 0.25) is 5.02 Å². The van der Waals surface area contributed by atoms with Crippen molar-refractivity contribution in [3.8, 4) is 0 Å². The molecule has 0 spiro atoms. The van der Waals surface area contributed by atoms with E-state index in [1.165, 1.54) is 19.4 Å². The molecule has 2 rings (SSSR count). The standard InChI is InChI=1S/C17H25ClN2O/c1-3-20-11-5-7-14(12-20)9-10-19-17(21)16-13(2)6-4-8-15(16)18/h4,6,8,14H,3,5,7,9-12H2,1-2H3,(H,19,21). The Morgan fingerprint density at radius 3 is 3.00 bits per heavy atom. The van der Waals surface area contributed by atoms with Crippen molar-refractivity contribution in [3.05, 3.63) is 34.3 Å². The number of likely N-dealkylation sites (tertiary alicyclic amines) is 1. The highest BCUT2D eigenvalue weighted by Crippen LogP contribution is 2.20. The lowest BCUT2D eigenvalue weighted by molar-refractivity contribution is 0.0946. The van der Waals surface area contributed by atoms with Crippen molar-refractivity contribution in [2.24, 2.45) is 5.92 Å². The second kappa shape index (κ2) is 7.81. The van der Waals surface area contributed by atoms with E-state index < -0.39 is 0 Å². The fourth-order valence-electron chi connectivity index (χ4n) is 3.07. The molecule has 0 bridgehead atoms. The molecule has 116 valence electrons. The zero-order valence-electron chi connectivity index (χ0n) is 13.0. The number of halogens is 1. The van der Waals surface area contributed by atoms with Crippen molar-refractivity contribution < 1.29 is 4.79 Å². The molecular weight excluding hydrogens is 284 g/mol. The highest BCUT2D eigenvalue weighted by molar-refractivity contribution is 6.34. The zero-order valence-corrected chi connectivity index (χ0v) is 13.7. The molecule has 0 aliphatic carbocycles. The molecule has 1 aromatic rings. The quantitative estimate of drug-likeness (QED) is 0.903. The van der Waals surface area contributed by atoms with Crippen LogP contribution < -0.4 is 5.32 Å². The SMILES string of the molecule is CCN1CCCC(CCNC(=O)c2c(C)cccc2Cl)C1. The summed E-state index contributed by atoms with van der Waals surface area (Å²) < 4.78 is 0. The van der Waals surface area contributed by atoms with Crippen molar-refractivity contribution in [1.29, 1.82) is 0 Å². The maximum absolute atomic E-state index is 12.2. The van der Waals surface area contributed by atoms with Crippen molar-refractivity contribution in [3.63, 3.8) is 0 Å². The fourth-order valence-corrected chi connectivity index (χ4v) is 3.38. The number of piperidine rings is 1. The van der Waals surface area contributed by atoms with Crippen LogP contribution >= 0.6 is 11.6 Å². The molecule has 1 unspecified atom stereocenters. The van der Waals surface area contributed by atoms with Crippen LogP contribution in [0.25, 0.3) is 0 Å². The Morgan fingerprint density at radius 1 is 1.48 bits per heavy atom. The van der Waals surface area contributed by atoms with Crippen LogP contribution in [0.4, 0.5) is 0 Å². The number of rotatable bonds is 5. The third kappa shape index (κ3) is 4.45. The lowest BCUT2D eigenvalue weighted by Gasteiger charge is -2.31. The van der Waals surface area contributed by atoms with E-state index in [0.717, 1.165) is 31.6 Å². The van der Waals surface area contributed by atoms with Crippen LogP contribution in [-0.4, -0.2) is 37.0 Å². The van der Waals surface area contributed by atoms with Crippen LogP contribution in [0.1, 0.15) is 42.1 Å². The highest BCUT2D eigenvalue weighted by Gasteiger charge is 2.19. The van der Waals surface area contributed by atoms with E-state index in [9.17, 15) is 4.79 Å². The van der Waals surface area contributed by atoms with Gasteiger partial charge in [-0.15, -0.1) is 0 Å². The molecule has 1 atom stereocenters. The number of nitrogens with zero attached hydrogens (tertiary/aromatic N) is 1. The number of carbonyl (C=O) groups excluding carboxylic acids is 1. The average molecular weight is 309 g/mol. The molecule has 0 radical (unpaired) electrons. The van der Waals surface area contributed by atoms with Gasteiger partial charge in [0.15, 0.2) is 0 Å². The number of amides is 1. The van der Waals surface area contributed by atoms with E-state index in [0.29, 0.717) is 16.5 Å². The number of hydrogen-bond donors (Lipinski definition) is 1. The average Bonchev–Trinajstić information content (AvgIpc) is 2.47. The molecule has 4 heteroatoms. The van der Waals surface area contributed by atoms with E-state index in [2.05, 4.69) is 17.1 Å². The molecule has 1 saturated heterocycles. The Kier molecular flexibility index (Phi) is 6.07. The van der Waals surface area contributed by atoms with Gasteiger partial charge in [0.25, 0.3) is 5.91 Å². The van der Waals surface area contributed by atoms with Crippen molar-refractivity contribution in [1.82, 2.24) is 10.2 Å². The zero-order chi connectivity index (χ0) is 15.2. The maximum atomic E-state index is 12.2. The lowest BCUT2D eigenvalue weighted by Crippen LogP contribution is -2.37. The molecule has 21 heavy (non-hydrogen) atoms. The van der Waals surface area contributed by atoms with E-state index in [4.69, 9.17) is 11.6 Å². The smallest absolute Gasteiger partial charge is 0.253 e. The summed E-state index contributed by atoms with van der Waals surface area (Å²) in [5, 5.41) is 3.55. The first kappa shape index (κ1) is 16.3. The third-order valence-electron chi connectivity index (χ3n) is 4.34. The van der Waals surface area contributed by atoms with Crippen molar-refractivity contribution >= 4 is 17.5 Å². The Balaban J connectivity index is 1.82. The van der Waals surface area contributed by atoms with Gasteiger partial charge >= 0.3 is 0 Å². The summed E-state index contributed by atoms with van der Waals surface area (Å²) in [6, 6.07) is 5.56. The van der Waals surface area contributed by atoms with E-state index in [1.54, 1.807) is 6.07 Å². The van der Waals surface area contributed by atoms with Gasteiger partial charge in [0, 0.05) is 13.1 Å². The molecule has 0 aromatic heterocycles. The van der Waals surface area contributed by atoms with Crippen LogP contribution in [-0.2, 0) is 0 Å². The molecule has 3 nitrogen and oxygen atoms in total. The van der Waals surface area contributed by atoms with Crippen LogP contribution in [0, 0.1) is 12.8 Å². The summed E-state index contributed by atoms with van der Waals surface area (Å²) >= 11 is 6.12. The Hall–Kier alpha value is -1.06. The Labute approximate surface area is 132 Å². The molecule has 1 fully saturated rings. The van der Waals surface area contributed by atoms with Gasteiger partial charge < -0.3 is 10.2 Å². The van der Waals surface area contributed by atoms with Gasteiger partial charge in [0.05, 0.1) is 10.6 Å². The number of benzene rings is 1. The number of nitrogens with one attached hydrogen (secondary N) is 1. The van der Waals surface area contributed by atoms with Gasteiger partial charge in [-0.3, -0.25) is 4.79 Å². The third-order valence-corrected chi connectivity index (χ3v) is 4.65. The molecule has 1 aliphatic heterocycles. The molecule has 1 aliphatic rings. The summed E-state index contributed by atoms with van der Waals surface area (Å²) in [7, 11) is 0. The van der Waals surface area contributed by atoms with Gasteiger partial charge in [-0.2, -0.15) is 0 Å².